The van der Waals surface area contributed by atoms with Crippen molar-refractivity contribution >= 4 is 17.4 Å². The SMILES string of the molecule is Fc1cnc(N2CCN(C3CCCC3)CC2)c(CCl)c1. The summed E-state index contributed by atoms with van der Waals surface area (Å²) in [5.41, 5.74) is 0.793. The van der Waals surface area contributed by atoms with Crippen molar-refractivity contribution in [2.45, 2.75) is 37.6 Å². The van der Waals surface area contributed by atoms with Crippen molar-refractivity contribution in [1.29, 1.82) is 0 Å². The maximum Gasteiger partial charge on any atom is 0.141 e. The van der Waals surface area contributed by atoms with Gasteiger partial charge < -0.3 is 4.90 Å². The van der Waals surface area contributed by atoms with Gasteiger partial charge >= 0.3 is 0 Å². The van der Waals surface area contributed by atoms with E-state index < -0.39 is 0 Å². The first kappa shape index (κ1) is 14.1. The van der Waals surface area contributed by atoms with E-state index in [1.165, 1.54) is 37.9 Å². The summed E-state index contributed by atoms with van der Waals surface area (Å²) in [5.74, 6) is 0.851. The minimum absolute atomic E-state index is 0.308. The Hall–Kier alpha value is -0.870. The summed E-state index contributed by atoms with van der Waals surface area (Å²) in [4.78, 5) is 9.09. The molecule has 0 atom stereocenters. The number of pyridine rings is 1. The summed E-state index contributed by atoms with van der Waals surface area (Å²) in [7, 11) is 0. The van der Waals surface area contributed by atoms with Crippen molar-refractivity contribution in [3.8, 4) is 0 Å². The first-order chi connectivity index (χ1) is 9.78. The van der Waals surface area contributed by atoms with Gasteiger partial charge in [-0.2, -0.15) is 0 Å². The van der Waals surface area contributed by atoms with Crippen LogP contribution in [0.15, 0.2) is 12.3 Å². The number of rotatable bonds is 3. The van der Waals surface area contributed by atoms with E-state index in [0.717, 1.165) is 43.6 Å². The number of hydrogen-bond acceptors (Lipinski definition) is 3. The first-order valence-electron chi connectivity index (χ1n) is 7.47. The second-order valence-electron chi connectivity index (χ2n) is 5.73. The molecular weight excluding hydrogens is 277 g/mol. The monoisotopic (exact) mass is 297 g/mol. The Morgan fingerprint density at radius 2 is 1.90 bits per heavy atom. The molecule has 5 heteroatoms. The maximum absolute atomic E-state index is 13.2. The van der Waals surface area contributed by atoms with Crippen LogP contribution >= 0.6 is 11.6 Å². The Morgan fingerprint density at radius 1 is 1.20 bits per heavy atom. The second-order valence-corrected chi connectivity index (χ2v) is 6.00. The molecule has 1 saturated heterocycles. The average Bonchev–Trinajstić information content (AvgIpc) is 3.01. The van der Waals surface area contributed by atoms with Gasteiger partial charge in [0.25, 0.3) is 0 Å². The van der Waals surface area contributed by atoms with Crippen LogP contribution < -0.4 is 4.90 Å². The fourth-order valence-electron chi connectivity index (χ4n) is 3.43. The molecule has 1 aliphatic carbocycles. The Morgan fingerprint density at radius 3 is 2.55 bits per heavy atom. The number of halogens is 2. The Bertz CT molecular complexity index is 454. The second kappa shape index (κ2) is 6.27. The molecule has 1 aromatic heterocycles. The van der Waals surface area contributed by atoms with Gasteiger partial charge in [0.1, 0.15) is 11.6 Å². The third-order valence-corrected chi connectivity index (χ3v) is 4.80. The number of nitrogens with zero attached hydrogens (tertiary/aromatic N) is 3. The average molecular weight is 298 g/mol. The number of piperazine rings is 1. The third-order valence-electron chi connectivity index (χ3n) is 4.51. The predicted octanol–water partition coefficient (Wildman–Crippen LogP) is 3.02. The van der Waals surface area contributed by atoms with Gasteiger partial charge in [0.2, 0.25) is 0 Å². The third kappa shape index (κ3) is 2.91. The molecule has 1 saturated carbocycles. The first-order valence-corrected chi connectivity index (χ1v) is 8.01. The fourth-order valence-corrected chi connectivity index (χ4v) is 3.62. The van der Waals surface area contributed by atoms with Crippen LogP contribution in [0, 0.1) is 5.82 Å². The minimum atomic E-state index is -0.311. The van der Waals surface area contributed by atoms with Crippen LogP contribution in [0.5, 0.6) is 0 Å². The zero-order valence-electron chi connectivity index (χ0n) is 11.7. The van der Waals surface area contributed by atoms with E-state index in [1.54, 1.807) is 0 Å². The summed E-state index contributed by atoms with van der Waals surface area (Å²) >= 11 is 5.91. The summed E-state index contributed by atoms with van der Waals surface area (Å²) in [6.07, 6.45) is 6.74. The van der Waals surface area contributed by atoms with Crippen molar-refractivity contribution in [2.24, 2.45) is 0 Å². The number of aromatic nitrogens is 1. The predicted molar refractivity (Wildman–Crippen MR) is 79.8 cm³/mol. The Kier molecular flexibility index (Phi) is 4.41. The molecule has 0 spiro atoms. The molecule has 0 unspecified atom stereocenters. The van der Waals surface area contributed by atoms with Crippen molar-refractivity contribution in [1.82, 2.24) is 9.88 Å². The highest BCUT2D eigenvalue weighted by Gasteiger charge is 2.27. The van der Waals surface area contributed by atoms with E-state index in [0.29, 0.717) is 5.88 Å². The largest absolute Gasteiger partial charge is 0.354 e. The van der Waals surface area contributed by atoms with Crippen LogP contribution in [0.2, 0.25) is 0 Å². The van der Waals surface area contributed by atoms with Crippen molar-refractivity contribution in [2.75, 3.05) is 31.1 Å². The van der Waals surface area contributed by atoms with Gasteiger partial charge in [-0.15, -0.1) is 11.6 Å². The lowest BCUT2D eigenvalue weighted by Gasteiger charge is -2.39. The van der Waals surface area contributed by atoms with Crippen LogP contribution in [0.25, 0.3) is 0 Å². The van der Waals surface area contributed by atoms with E-state index in [4.69, 9.17) is 11.6 Å². The fraction of sp³-hybridized carbons (Fsp3) is 0.667. The zero-order valence-corrected chi connectivity index (χ0v) is 12.4. The van der Waals surface area contributed by atoms with E-state index in [9.17, 15) is 4.39 Å². The Labute approximate surface area is 124 Å². The molecule has 2 aliphatic rings. The van der Waals surface area contributed by atoms with E-state index in [1.807, 2.05) is 0 Å². The topological polar surface area (TPSA) is 19.4 Å². The van der Waals surface area contributed by atoms with E-state index in [-0.39, 0.29) is 5.82 Å². The van der Waals surface area contributed by atoms with Crippen LogP contribution in [-0.2, 0) is 5.88 Å². The molecule has 0 aromatic carbocycles. The van der Waals surface area contributed by atoms with E-state index in [2.05, 4.69) is 14.8 Å². The van der Waals surface area contributed by atoms with Crippen molar-refractivity contribution in [3.63, 3.8) is 0 Å². The molecule has 1 aliphatic heterocycles. The van der Waals surface area contributed by atoms with Gasteiger partial charge in [-0.05, 0) is 18.9 Å². The van der Waals surface area contributed by atoms with Crippen molar-refractivity contribution in [3.05, 3.63) is 23.6 Å². The number of alkyl halides is 1. The highest BCUT2D eigenvalue weighted by atomic mass is 35.5. The number of anilines is 1. The zero-order chi connectivity index (χ0) is 13.9. The Balaban J connectivity index is 1.65. The molecule has 0 radical (unpaired) electrons. The molecule has 0 amide bonds. The number of hydrogen-bond donors (Lipinski definition) is 0. The van der Waals surface area contributed by atoms with Gasteiger partial charge in [0.05, 0.1) is 12.1 Å². The molecular formula is C15H21ClFN3. The quantitative estimate of drug-likeness (QED) is 0.800. The summed E-state index contributed by atoms with van der Waals surface area (Å²) in [6.45, 7) is 4.06. The van der Waals surface area contributed by atoms with E-state index >= 15 is 0 Å². The standard InChI is InChI=1S/C15H21ClFN3/c16-10-12-9-13(17)11-18-15(12)20-7-5-19(6-8-20)14-3-1-2-4-14/h9,11,14H,1-8,10H2. The molecule has 110 valence electrons. The molecule has 20 heavy (non-hydrogen) atoms. The van der Waals surface area contributed by atoms with Gasteiger partial charge in [0.15, 0.2) is 0 Å². The lowest BCUT2D eigenvalue weighted by Crippen LogP contribution is -2.50. The van der Waals surface area contributed by atoms with Crippen LogP contribution in [0.3, 0.4) is 0 Å². The van der Waals surface area contributed by atoms with Gasteiger partial charge in [-0.25, -0.2) is 9.37 Å². The lowest BCUT2D eigenvalue weighted by molar-refractivity contribution is 0.187. The molecule has 2 fully saturated rings. The van der Waals surface area contributed by atoms with Gasteiger partial charge in [-0.3, -0.25) is 4.90 Å². The van der Waals surface area contributed by atoms with Crippen LogP contribution in [0.4, 0.5) is 10.2 Å². The summed E-state index contributed by atoms with van der Waals surface area (Å²) in [6, 6.07) is 2.28. The minimum Gasteiger partial charge on any atom is -0.354 e. The molecule has 1 aromatic rings. The molecule has 0 N–H and O–H groups in total. The van der Waals surface area contributed by atoms with Crippen molar-refractivity contribution < 1.29 is 4.39 Å². The lowest BCUT2D eigenvalue weighted by atomic mass is 10.1. The highest BCUT2D eigenvalue weighted by Crippen LogP contribution is 2.26. The molecule has 3 nitrogen and oxygen atoms in total. The van der Waals surface area contributed by atoms with Gasteiger partial charge in [-0.1, -0.05) is 12.8 Å². The maximum atomic E-state index is 13.2. The smallest absolute Gasteiger partial charge is 0.141 e. The summed E-state index contributed by atoms with van der Waals surface area (Å²) in [5, 5.41) is 0. The highest BCUT2D eigenvalue weighted by molar-refractivity contribution is 6.17. The molecule has 3 rings (SSSR count). The molecule has 0 bridgehead atoms. The summed E-state index contributed by atoms with van der Waals surface area (Å²) < 4.78 is 13.2. The van der Waals surface area contributed by atoms with Crippen LogP contribution in [0.1, 0.15) is 31.2 Å². The molecule has 2 heterocycles. The normalized spacial score (nSPS) is 21.6. The van der Waals surface area contributed by atoms with Gasteiger partial charge in [0, 0.05) is 37.8 Å². The van der Waals surface area contributed by atoms with Crippen LogP contribution in [-0.4, -0.2) is 42.1 Å².